The zero-order valence-electron chi connectivity index (χ0n) is 11.3. The van der Waals surface area contributed by atoms with Gasteiger partial charge in [-0.05, 0) is 32.2 Å². The van der Waals surface area contributed by atoms with Gasteiger partial charge in [-0.15, -0.1) is 0 Å². The monoisotopic (exact) mass is 255 g/mol. The average molecular weight is 255 g/mol. The Morgan fingerprint density at radius 1 is 1.22 bits per heavy atom. The van der Waals surface area contributed by atoms with Crippen LogP contribution in [0.1, 0.15) is 45.4 Å². The summed E-state index contributed by atoms with van der Waals surface area (Å²) in [6, 6.07) is 0.239. The molecule has 0 unspecified atom stereocenters. The molecule has 5 nitrogen and oxygen atoms in total. The van der Waals surface area contributed by atoms with Gasteiger partial charge >= 0.3 is 0 Å². The van der Waals surface area contributed by atoms with Crippen LogP contribution in [0.25, 0.3) is 0 Å². The molecule has 3 N–H and O–H groups in total. The van der Waals surface area contributed by atoms with Crippen molar-refractivity contribution in [3.63, 3.8) is 0 Å². The maximum Gasteiger partial charge on any atom is 0.220 e. The van der Waals surface area contributed by atoms with Gasteiger partial charge in [0.05, 0.1) is 0 Å². The largest absolute Gasteiger partial charge is 0.353 e. The van der Waals surface area contributed by atoms with E-state index in [0.717, 1.165) is 45.2 Å². The highest BCUT2D eigenvalue weighted by atomic mass is 16.2. The maximum atomic E-state index is 11.7. The lowest BCUT2D eigenvalue weighted by Gasteiger charge is -2.31. The van der Waals surface area contributed by atoms with Crippen molar-refractivity contribution in [2.75, 3.05) is 19.6 Å². The van der Waals surface area contributed by atoms with Gasteiger partial charge in [-0.1, -0.05) is 6.42 Å². The van der Waals surface area contributed by atoms with E-state index in [1.807, 2.05) is 4.90 Å². The van der Waals surface area contributed by atoms with Crippen molar-refractivity contribution in [3.05, 3.63) is 0 Å². The summed E-state index contributed by atoms with van der Waals surface area (Å²) in [5.41, 5.74) is 5.40. The van der Waals surface area contributed by atoms with E-state index in [1.165, 1.54) is 0 Å². The average Bonchev–Trinajstić information content (AvgIpc) is 2.35. The third-order valence-corrected chi connectivity index (χ3v) is 3.41. The van der Waals surface area contributed by atoms with Crippen LogP contribution < -0.4 is 11.1 Å². The number of unbranched alkanes of at least 4 members (excludes halogenated alkanes) is 2. The highest BCUT2D eigenvalue weighted by Crippen LogP contribution is 2.11. The Hall–Kier alpha value is -1.10. The molecule has 1 saturated heterocycles. The molecule has 2 amide bonds. The number of nitrogens with one attached hydrogen (secondary N) is 1. The predicted octanol–water partition coefficient (Wildman–Crippen LogP) is 0.633. The highest BCUT2D eigenvalue weighted by Gasteiger charge is 2.21. The van der Waals surface area contributed by atoms with Crippen LogP contribution in [0.3, 0.4) is 0 Å². The predicted molar refractivity (Wildman–Crippen MR) is 70.9 cm³/mol. The van der Waals surface area contributed by atoms with Gasteiger partial charge < -0.3 is 16.0 Å². The summed E-state index contributed by atoms with van der Waals surface area (Å²) in [4.78, 5) is 24.7. The first kappa shape index (κ1) is 15.0. The number of nitrogens with two attached hydrogens (primary N) is 1. The van der Waals surface area contributed by atoms with Crippen molar-refractivity contribution in [1.82, 2.24) is 10.2 Å². The number of hydrogen-bond donors (Lipinski definition) is 2. The van der Waals surface area contributed by atoms with Crippen molar-refractivity contribution >= 4 is 11.8 Å². The van der Waals surface area contributed by atoms with Crippen LogP contribution in [-0.4, -0.2) is 42.4 Å². The summed E-state index contributed by atoms with van der Waals surface area (Å²) in [5, 5.41) is 3.05. The van der Waals surface area contributed by atoms with Crippen LogP contribution in [0.5, 0.6) is 0 Å². The van der Waals surface area contributed by atoms with E-state index < -0.39 is 0 Å². The lowest BCUT2D eigenvalue weighted by Crippen LogP contribution is -2.45. The number of amides is 2. The number of carbonyl (C=O) groups excluding carboxylic acids is 2. The van der Waals surface area contributed by atoms with Crippen LogP contribution in [0.2, 0.25) is 0 Å². The second kappa shape index (κ2) is 8.08. The topological polar surface area (TPSA) is 75.4 Å². The van der Waals surface area contributed by atoms with Crippen LogP contribution in [0.15, 0.2) is 0 Å². The fourth-order valence-corrected chi connectivity index (χ4v) is 2.25. The van der Waals surface area contributed by atoms with Crippen molar-refractivity contribution < 1.29 is 9.59 Å². The molecule has 0 aromatic heterocycles. The zero-order chi connectivity index (χ0) is 13.4. The number of piperidine rings is 1. The maximum absolute atomic E-state index is 11.7. The molecule has 0 aromatic carbocycles. The second-order valence-electron chi connectivity index (χ2n) is 4.95. The SMILES string of the molecule is CC(=O)N1CCC(NC(=O)CCCCCN)CC1. The number of carbonyl (C=O) groups is 2. The number of hydrogen-bond acceptors (Lipinski definition) is 3. The van der Waals surface area contributed by atoms with Crippen LogP contribution >= 0.6 is 0 Å². The molecule has 0 spiro atoms. The summed E-state index contributed by atoms with van der Waals surface area (Å²) < 4.78 is 0. The summed E-state index contributed by atoms with van der Waals surface area (Å²) in [6.07, 6.45) is 5.25. The Morgan fingerprint density at radius 2 is 1.89 bits per heavy atom. The van der Waals surface area contributed by atoms with Gasteiger partial charge in [0.25, 0.3) is 0 Å². The zero-order valence-corrected chi connectivity index (χ0v) is 11.3. The fraction of sp³-hybridized carbons (Fsp3) is 0.846. The molecule has 0 aliphatic carbocycles. The quantitative estimate of drug-likeness (QED) is 0.684. The van der Waals surface area contributed by atoms with Crippen LogP contribution in [-0.2, 0) is 9.59 Å². The smallest absolute Gasteiger partial charge is 0.220 e. The van der Waals surface area contributed by atoms with Crippen molar-refractivity contribution in [2.24, 2.45) is 5.73 Å². The Bertz CT molecular complexity index is 273. The standard InChI is InChI=1S/C13H25N3O2/c1-11(17)16-9-6-12(7-10-16)15-13(18)5-3-2-4-8-14/h12H,2-10,14H2,1H3,(H,15,18). The number of likely N-dealkylation sites (tertiary alicyclic amines) is 1. The minimum Gasteiger partial charge on any atom is -0.353 e. The fourth-order valence-electron chi connectivity index (χ4n) is 2.25. The lowest BCUT2D eigenvalue weighted by molar-refractivity contribution is -0.130. The van der Waals surface area contributed by atoms with Crippen molar-refractivity contribution in [3.8, 4) is 0 Å². The summed E-state index contributed by atoms with van der Waals surface area (Å²) >= 11 is 0. The first-order chi connectivity index (χ1) is 8.63. The molecule has 1 aliphatic rings. The van der Waals surface area contributed by atoms with Crippen LogP contribution in [0, 0.1) is 0 Å². The van der Waals surface area contributed by atoms with E-state index in [2.05, 4.69) is 5.32 Å². The molecule has 1 heterocycles. The molecule has 104 valence electrons. The molecule has 0 saturated carbocycles. The normalized spacial score (nSPS) is 16.7. The van der Waals surface area contributed by atoms with Gasteiger partial charge in [0.15, 0.2) is 0 Å². The molecule has 0 radical (unpaired) electrons. The lowest BCUT2D eigenvalue weighted by atomic mass is 10.0. The molecule has 1 rings (SSSR count). The molecule has 5 heteroatoms. The molecule has 0 aromatic rings. The molecule has 1 fully saturated rings. The van der Waals surface area contributed by atoms with Gasteiger partial charge in [0.2, 0.25) is 11.8 Å². The molecule has 18 heavy (non-hydrogen) atoms. The van der Waals surface area contributed by atoms with Crippen molar-refractivity contribution in [1.29, 1.82) is 0 Å². The molecule has 0 atom stereocenters. The van der Waals surface area contributed by atoms with Crippen molar-refractivity contribution in [2.45, 2.75) is 51.5 Å². The van der Waals surface area contributed by atoms with E-state index >= 15 is 0 Å². The van der Waals surface area contributed by atoms with Gasteiger partial charge in [0, 0.05) is 32.5 Å². The van der Waals surface area contributed by atoms with E-state index in [4.69, 9.17) is 5.73 Å². The molecular formula is C13H25N3O2. The number of nitrogens with zero attached hydrogens (tertiary/aromatic N) is 1. The highest BCUT2D eigenvalue weighted by molar-refractivity contribution is 5.76. The number of rotatable bonds is 6. The van der Waals surface area contributed by atoms with E-state index in [9.17, 15) is 9.59 Å². The Kier molecular flexibility index (Phi) is 6.72. The van der Waals surface area contributed by atoms with E-state index in [1.54, 1.807) is 6.92 Å². The summed E-state index contributed by atoms with van der Waals surface area (Å²) in [5.74, 6) is 0.259. The summed E-state index contributed by atoms with van der Waals surface area (Å²) in [7, 11) is 0. The third kappa shape index (κ3) is 5.49. The van der Waals surface area contributed by atoms with E-state index in [0.29, 0.717) is 13.0 Å². The minimum absolute atomic E-state index is 0.126. The molecular weight excluding hydrogens is 230 g/mol. The van der Waals surface area contributed by atoms with Gasteiger partial charge in [0.1, 0.15) is 0 Å². The molecule has 0 bridgehead atoms. The minimum atomic E-state index is 0.126. The Labute approximate surface area is 109 Å². The summed E-state index contributed by atoms with van der Waals surface area (Å²) in [6.45, 7) is 3.81. The first-order valence-electron chi connectivity index (χ1n) is 6.88. The van der Waals surface area contributed by atoms with Gasteiger partial charge in [-0.25, -0.2) is 0 Å². The molecule has 1 aliphatic heterocycles. The second-order valence-corrected chi connectivity index (χ2v) is 4.95. The third-order valence-electron chi connectivity index (χ3n) is 3.41. The van der Waals surface area contributed by atoms with Crippen LogP contribution in [0.4, 0.5) is 0 Å². The Balaban J connectivity index is 2.12. The first-order valence-corrected chi connectivity index (χ1v) is 6.88. The van der Waals surface area contributed by atoms with Gasteiger partial charge in [-0.3, -0.25) is 9.59 Å². The van der Waals surface area contributed by atoms with Gasteiger partial charge in [-0.2, -0.15) is 0 Å². The Morgan fingerprint density at radius 3 is 2.44 bits per heavy atom. The van der Waals surface area contributed by atoms with E-state index in [-0.39, 0.29) is 17.9 Å².